The third-order valence-corrected chi connectivity index (χ3v) is 2.02. The molecule has 0 atom stereocenters. The molecule has 0 aliphatic carbocycles. The number of benzene rings is 1. The molecule has 2 aromatic rings. The van der Waals surface area contributed by atoms with E-state index in [-0.39, 0.29) is 0 Å². The molecule has 3 nitrogen and oxygen atoms in total. The minimum Gasteiger partial charge on any atom is -0.523 e. The van der Waals surface area contributed by atoms with Crippen molar-refractivity contribution in [3.05, 3.63) is 48.7 Å². The van der Waals surface area contributed by atoms with Crippen LogP contribution in [0, 0.1) is 0 Å². The predicted molar refractivity (Wildman–Crippen MR) is 58.3 cm³/mol. The standard InChI is InChI=1S/C11H9BNO2/c14-12-15-11-7-6-10(8-13-11)9-4-2-1-3-5-9/h1-8,14H. The van der Waals surface area contributed by atoms with Crippen LogP contribution in [-0.2, 0) is 0 Å². The SMILES string of the molecule is O[B]Oc1ccc(-c2ccccc2)cn1. The number of pyridine rings is 1. The summed E-state index contributed by atoms with van der Waals surface area (Å²) in [5.41, 5.74) is 2.12. The fourth-order valence-electron chi connectivity index (χ4n) is 1.31. The van der Waals surface area contributed by atoms with Gasteiger partial charge in [-0.3, -0.25) is 0 Å². The molecule has 2 rings (SSSR count). The van der Waals surface area contributed by atoms with Crippen LogP contribution in [0.1, 0.15) is 0 Å². The fraction of sp³-hybridized carbons (Fsp3) is 0. The summed E-state index contributed by atoms with van der Waals surface area (Å²) in [4.78, 5) is 4.03. The van der Waals surface area contributed by atoms with Crippen LogP contribution in [0.15, 0.2) is 48.7 Å². The third-order valence-electron chi connectivity index (χ3n) is 2.02. The second-order valence-electron chi connectivity index (χ2n) is 2.97. The van der Waals surface area contributed by atoms with Crippen molar-refractivity contribution in [3.8, 4) is 17.0 Å². The molecule has 1 N–H and O–H groups in total. The number of nitrogens with zero attached hydrogens (tertiary/aromatic N) is 1. The number of aromatic nitrogens is 1. The Bertz CT molecular complexity index is 416. The Hall–Kier alpha value is -1.81. The van der Waals surface area contributed by atoms with Gasteiger partial charge in [0.2, 0.25) is 0 Å². The third kappa shape index (κ3) is 2.36. The van der Waals surface area contributed by atoms with Gasteiger partial charge in [-0.1, -0.05) is 30.3 Å². The van der Waals surface area contributed by atoms with E-state index >= 15 is 0 Å². The van der Waals surface area contributed by atoms with E-state index in [1.165, 1.54) is 0 Å². The van der Waals surface area contributed by atoms with Crippen LogP contribution in [0.5, 0.6) is 5.88 Å². The van der Waals surface area contributed by atoms with E-state index in [1.807, 2.05) is 36.4 Å². The summed E-state index contributed by atoms with van der Waals surface area (Å²) in [6, 6.07) is 13.5. The van der Waals surface area contributed by atoms with Crippen molar-refractivity contribution < 1.29 is 9.68 Å². The van der Waals surface area contributed by atoms with Crippen LogP contribution >= 0.6 is 0 Å². The lowest BCUT2D eigenvalue weighted by Crippen LogP contribution is -2.01. The van der Waals surface area contributed by atoms with Crippen LogP contribution in [0.25, 0.3) is 11.1 Å². The second-order valence-corrected chi connectivity index (χ2v) is 2.97. The summed E-state index contributed by atoms with van der Waals surface area (Å²) < 4.78 is 4.72. The normalized spacial score (nSPS) is 9.67. The maximum atomic E-state index is 8.42. The van der Waals surface area contributed by atoms with Crippen LogP contribution in [-0.4, -0.2) is 17.7 Å². The van der Waals surface area contributed by atoms with Crippen LogP contribution in [0.4, 0.5) is 0 Å². The van der Waals surface area contributed by atoms with Gasteiger partial charge in [0.25, 0.3) is 0 Å². The van der Waals surface area contributed by atoms with E-state index in [2.05, 4.69) is 4.98 Å². The summed E-state index contributed by atoms with van der Waals surface area (Å²) in [6.07, 6.45) is 1.70. The highest BCUT2D eigenvalue weighted by Crippen LogP contribution is 2.19. The van der Waals surface area contributed by atoms with Gasteiger partial charge in [-0.25, -0.2) is 4.98 Å². The van der Waals surface area contributed by atoms with Crippen molar-refractivity contribution in [2.45, 2.75) is 0 Å². The molecule has 73 valence electrons. The number of hydrogen-bond acceptors (Lipinski definition) is 3. The zero-order chi connectivity index (χ0) is 10.5. The summed E-state index contributed by atoms with van der Waals surface area (Å²) in [7, 11) is 0.616. The molecule has 1 heterocycles. The van der Waals surface area contributed by atoms with Crippen LogP contribution in [0.2, 0.25) is 0 Å². The average molecular weight is 198 g/mol. The Balaban J connectivity index is 2.24. The van der Waals surface area contributed by atoms with Gasteiger partial charge in [-0.05, 0) is 17.7 Å². The Labute approximate surface area is 88.7 Å². The summed E-state index contributed by atoms with van der Waals surface area (Å²) in [5, 5.41) is 8.42. The lowest BCUT2D eigenvalue weighted by Gasteiger charge is -2.02. The summed E-state index contributed by atoms with van der Waals surface area (Å²) in [5.74, 6) is 0.372. The molecule has 0 spiro atoms. The van der Waals surface area contributed by atoms with Crippen LogP contribution < -0.4 is 4.65 Å². The minimum absolute atomic E-state index is 0.372. The highest BCUT2D eigenvalue weighted by atomic mass is 16.5. The van der Waals surface area contributed by atoms with Gasteiger partial charge in [0.05, 0.1) is 0 Å². The summed E-state index contributed by atoms with van der Waals surface area (Å²) in [6.45, 7) is 0. The molecule has 15 heavy (non-hydrogen) atoms. The lowest BCUT2D eigenvalue weighted by molar-refractivity contribution is 0.443. The van der Waals surface area contributed by atoms with Gasteiger partial charge in [0.1, 0.15) is 0 Å². The molecule has 0 saturated heterocycles. The van der Waals surface area contributed by atoms with E-state index in [4.69, 9.17) is 9.68 Å². The highest BCUT2D eigenvalue weighted by Gasteiger charge is 1.99. The van der Waals surface area contributed by atoms with E-state index in [0.29, 0.717) is 13.6 Å². The number of hydrogen-bond donors (Lipinski definition) is 1. The smallest absolute Gasteiger partial charge is 0.523 e. The maximum Gasteiger partial charge on any atom is 0.570 e. The first-order chi connectivity index (χ1) is 7.40. The first kappa shape index (κ1) is 9.74. The molecule has 1 aromatic carbocycles. The lowest BCUT2D eigenvalue weighted by atomic mass is 10.1. The molecule has 4 heteroatoms. The molecule has 0 amide bonds. The summed E-state index contributed by atoms with van der Waals surface area (Å²) >= 11 is 0. The topological polar surface area (TPSA) is 42.4 Å². The van der Waals surface area contributed by atoms with Crippen molar-refractivity contribution >= 4 is 7.69 Å². The zero-order valence-corrected chi connectivity index (χ0v) is 8.00. The Kier molecular flexibility index (Phi) is 3.00. The number of rotatable bonds is 3. The van der Waals surface area contributed by atoms with Gasteiger partial charge < -0.3 is 9.68 Å². The molecule has 0 bridgehead atoms. The first-order valence-electron chi connectivity index (χ1n) is 4.54. The van der Waals surface area contributed by atoms with Crippen molar-refractivity contribution in [3.63, 3.8) is 0 Å². The van der Waals surface area contributed by atoms with Gasteiger partial charge in [0, 0.05) is 11.8 Å². The quantitative estimate of drug-likeness (QED) is 0.762. The largest absolute Gasteiger partial charge is 0.570 e. The molecule has 0 aliphatic rings. The zero-order valence-electron chi connectivity index (χ0n) is 8.00. The molecular weight excluding hydrogens is 189 g/mol. The van der Waals surface area contributed by atoms with E-state index in [9.17, 15) is 0 Å². The van der Waals surface area contributed by atoms with Crippen molar-refractivity contribution in [1.29, 1.82) is 0 Å². The molecule has 0 aliphatic heterocycles. The van der Waals surface area contributed by atoms with E-state index in [0.717, 1.165) is 11.1 Å². The Morgan fingerprint density at radius 2 is 1.80 bits per heavy atom. The van der Waals surface area contributed by atoms with Crippen LogP contribution in [0.3, 0.4) is 0 Å². The van der Waals surface area contributed by atoms with E-state index < -0.39 is 0 Å². The monoisotopic (exact) mass is 198 g/mol. The Morgan fingerprint density at radius 3 is 2.40 bits per heavy atom. The van der Waals surface area contributed by atoms with Gasteiger partial charge in [-0.2, -0.15) is 0 Å². The molecule has 0 fully saturated rings. The predicted octanol–water partition coefficient (Wildman–Crippen LogP) is 1.65. The highest BCUT2D eigenvalue weighted by molar-refractivity contribution is 6.17. The van der Waals surface area contributed by atoms with Crippen molar-refractivity contribution in [2.75, 3.05) is 0 Å². The maximum absolute atomic E-state index is 8.42. The van der Waals surface area contributed by atoms with E-state index in [1.54, 1.807) is 12.3 Å². The minimum atomic E-state index is 0.372. The molecule has 0 saturated carbocycles. The van der Waals surface area contributed by atoms with Gasteiger partial charge in [-0.15, -0.1) is 0 Å². The fourth-order valence-corrected chi connectivity index (χ4v) is 1.31. The van der Waals surface area contributed by atoms with Crippen molar-refractivity contribution in [2.24, 2.45) is 0 Å². The molecule has 1 aromatic heterocycles. The average Bonchev–Trinajstić information content (AvgIpc) is 2.32. The molecule has 0 unspecified atom stereocenters. The second kappa shape index (κ2) is 4.62. The van der Waals surface area contributed by atoms with Gasteiger partial charge >= 0.3 is 7.69 Å². The first-order valence-corrected chi connectivity index (χ1v) is 4.54. The molecule has 1 radical (unpaired) electrons. The molecular formula is C11H9BNO2. The van der Waals surface area contributed by atoms with Gasteiger partial charge in [0.15, 0.2) is 5.88 Å². The Morgan fingerprint density at radius 1 is 1.00 bits per heavy atom. The van der Waals surface area contributed by atoms with Crippen molar-refractivity contribution in [1.82, 2.24) is 4.98 Å².